The molecular formula is C15H20N6O. The molecule has 1 aliphatic heterocycles. The van der Waals surface area contributed by atoms with E-state index in [0.29, 0.717) is 6.01 Å². The predicted molar refractivity (Wildman–Crippen MR) is 83.7 cm³/mol. The van der Waals surface area contributed by atoms with Gasteiger partial charge in [-0.15, -0.1) is 0 Å². The highest BCUT2D eigenvalue weighted by Gasteiger charge is 2.32. The summed E-state index contributed by atoms with van der Waals surface area (Å²) in [5.41, 5.74) is 13.5. The van der Waals surface area contributed by atoms with Gasteiger partial charge in [-0.3, -0.25) is 5.43 Å². The standard InChI is InChI=1S/C15H20N6O/c1-21(15-18-12-5-2-3-7-13(12)22-15)8-4-6-11-10(9-16)14(17)20-19-11/h2-3,5,7,10-11,14,19-20H,4,6,8,17H2,1H3. The van der Waals surface area contributed by atoms with Gasteiger partial charge in [0.25, 0.3) is 6.01 Å². The zero-order valence-corrected chi connectivity index (χ0v) is 12.5. The Morgan fingerprint density at radius 3 is 3.00 bits per heavy atom. The minimum atomic E-state index is -0.301. The highest BCUT2D eigenvalue weighted by atomic mass is 16.4. The number of aromatic nitrogens is 1. The highest BCUT2D eigenvalue weighted by molar-refractivity contribution is 5.74. The molecular weight excluding hydrogens is 280 g/mol. The van der Waals surface area contributed by atoms with Crippen LogP contribution >= 0.6 is 0 Å². The summed E-state index contributed by atoms with van der Waals surface area (Å²) in [4.78, 5) is 6.45. The number of para-hydroxylation sites is 2. The minimum absolute atomic E-state index is 0.0806. The van der Waals surface area contributed by atoms with Crippen LogP contribution in [0, 0.1) is 17.2 Å². The maximum atomic E-state index is 9.13. The fourth-order valence-corrected chi connectivity index (χ4v) is 2.72. The molecule has 3 unspecified atom stereocenters. The predicted octanol–water partition coefficient (Wildman–Crippen LogP) is 0.945. The molecule has 1 saturated heterocycles. The number of nitriles is 1. The van der Waals surface area contributed by atoms with E-state index >= 15 is 0 Å². The molecule has 0 spiro atoms. The summed E-state index contributed by atoms with van der Waals surface area (Å²) in [5, 5.41) is 9.13. The molecule has 7 heteroatoms. The van der Waals surface area contributed by atoms with E-state index < -0.39 is 0 Å². The van der Waals surface area contributed by atoms with Gasteiger partial charge in [-0.25, -0.2) is 5.43 Å². The van der Waals surface area contributed by atoms with Crippen LogP contribution in [0.15, 0.2) is 28.7 Å². The summed E-state index contributed by atoms with van der Waals surface area (Å²) >= 11 is 0. The van der Waals surface area contributed by atoms with Gasteiger partial charge in [-0.05, 0) is 25.0 Å². The Labute approximate surface area is 129 Å². The number of rotatable bonds is 5. The fourth-order valence-electron chi connectivity index (χ4n) is 2.72. The number of hydrazine groups is 1. The van der Waals surface area contributed by atoms with Crippen molar-refractivity contribution in [3.05, 3.63) is 24.3 Å². The lowest BCUT2D eigenvalue weighted by atomic mass is 9.97. The van der Waals surface area contributed by atoms with E-state index in [0.717, 1.165) is 30.5 Å². The second-order valence-corrected chi connectivity index (χ2v) is 5.60. The Morgan fingerprint density at radius 2 is 2.23 bits per heavy atom. The number of nitrogens with zero attached hydrogens (tertiary/aromatic N) is 3. The first-order chi connectivity index (χ1) is 10.7. The Kier molecular flexibility index (Phi) is 4.24. The molecule has 1 aromatic heterocycles. The van der Waals surface area contributed by atoms with Gasteiger partial charge in [0, 0.05) is 19.6 Å². The van der Waals surface area contributed by atoms with Crippen molar-refractivity contribution in [2.75, 3.05) is 18.5 Å². The van der Waals surface area contributed by atoms with Gasteiger partial charge in [-0.1, -0.05) is 12.1 Å². The van der Waals surface area contributed by atoms with Crippen LogP contribution in [0.1, 0.15) is 12.8 Å². The number of fused-ring (bicyclic) bond motifs is 1. The molecule has 7 nitrogen and oxygen atoms in total. The van der Waals surface area contributed by atoms with Crippen LogP contribution in [0.3, 0.4) is 0 Å². The summed E-state index contributed by atoms with van der Waals surface area (Å²) < 4.78 is 5.73. The average Bonchev–Trinajstić information content (AvgIpc) is 3.10. The molecule has 116 valence electrons. The largest absolute Gasteiger partial charge is 0.423 e. The normalized spacial score (nSPS) is 24.5. The Hall–Kier alpha value is -2.14. The van der Waals surface area contributed by atoms with Crippen LogP contribution in [-0.2, 0) is 0 Å². The third kappa shape index (κ3) is 2.90. The fraction of sp³-hybridized carbons (Fsp3) is 0.467. The molecule has 0 bridgehead atoms. The summed E-state index contributed by atoms with van der Waals surface area (Å²) in [6.07, 6.45) is 1.48. The van der Waals surface area contributed by atoms with Crippen molar-refractivity contribution >= 4 is 17.1 Å². The van der Waals surface area contributed by atoms with Gasteiger partial charge in [0.2, 0.25) is 0 Å². The molecule has 0 radical (unpaired) electrons. The van der Waals surface area contributed by atoms with Gasteiger partial charge in [0.1, 0.15) is 5.52 Å². The van der Waals surface area contributed by atoms with Crippen molar-refractivity contribution in [1.29, 1.82) is 5.26 Å². The van der Waals surface area contributed by atoms with Crippen molar-refractivity contribution in [3.63, 3.8) is 0 Å². The van der Waals surface area contributed by atoms with Crippen LogP contribution in [0.25, 0.3) is 11.1 Å². The first kappa shape index (κ1) is 14.8. The highest BCUT2D eigenvalue weighted by Crippen LogP contribution is 2.21. The third-order valence-electron chi connectivity index (χ3n) is 4.02. The molecule has 22 heavy (non-hydrogen) atoms. The van der Waals surface area contributed by atoms with Crippen LogP contribution in [0.4, 0.5) is 6.01 Å². The van der Waals surface area contributed by atoms with Crippen LogP contribution in [-0.4, -0.2) is 30.8 Å². The lowest BCUT2D eigenvalue weighted by Crippen LogP contribution is -2.38. The molecule has 0 saturated carbocycles. The summed E-state index contributed by atoms with van der Waals surface area (Å²) in [6.45, 7) is 0.804. The number of nitrogens with two attached hydrogens (primary N) is 1. The van der Waals surface area contributed by atoms with Crippen LogP contribution in [0.2, 0.25) is 0 Å². The lowest BCUT2D eigenvalue weighted by molar-refractivity contribution is 0.460. The molecule has 0 amide bonds. The number of nitrogens with one attached hydrogen (secondary N) is 2. The van der Waals surface area contributed by atoms with Crippen LogP contribution < -0.4 is 21.5 Å². The van der Waals surface area contributed by atoms with Gasteiger partial charge in [0.05, 0.1) is 18.2 Å². The van der Waals surface area contributed by atoms with E-state index in [9.17, 15) is 0 Å². The van der Waals surface area contributed by atoms with Crippen molar-refractivity contribution in [3.8, 4) is 6.07 Å². The van der Waals surface area contributed by atoms with Crippen molar-refractivity contribution in [1.82, 2.24) is 15.8 Å². The van der Waals surface area contributed by atoms with Gasteiger partial charge in [-0.2, -0.15) is 10.2 Å². The third-order valence-corrected chi connectivity index (χ3v) is 4.02. The summed E-state index contributed by atoms with van der Waals surface area (Å²) in [7, 11) is 1.96. The van der Waals surface area contributed by atoms with E-state index in [2.05, 4.69) is 21.9 Å². The van der Waals surface area contributed by atoms with Gasteiger partial charge >= 0.3 is 0 Å². The molecule has 2 aromatic rings. The van der Waals surface area contributed by atoms with E-state index in [1.165, 1.54) is 0 Å². The zero-order chi connectivity index (χ0) is 15.5. The van der Waals surface area contributed by atoms with Crippen molar-refractivity contribution in [2.24, 2.45) is 11.7 Å². The minimum Gasteiger partial charge on any atom is -0.423 e. The summed E-state index contributed by atoms with van der Waals surface area (Å²) in [6, 6.07) is 10.7. The first-order valence-electron chi connectivity index (χ1n) is 7.42. The summed E-state index contributed by atoms with van der Waals surface area (Å²) in [5.74, 6) is -0.199. The molecule has 2 heterocycles. The van der Waals surface area contributed by atoms with E-state index in [-0.39, 0.29) is 18.1 Å². The van der Waals surface area contributed by atoms with E-state index in [1.54, 1.807) is 0 Å². The van der Waals surface area contributed by atoms with Crippen molar-refractivity contribution < 1.29 is 4.42 Å². The number of hydrogen-bond donors (Lipinski definition) is 3. The maximum Gasteiger partial charge on any atom is 0.298 e. The van der Waals surface area contributed by atoms with Crippen LogP contribution in [0.5, 0.6) is 0 Å². The van der Waals surface area contributed by atoms with Gasteiger partial charge < -0.3 is 15.1 Å². The van der Waals surface area contributed by atoms with Crippen molar-refractivity contribution in [2.45, 2.75) is 25.0 Å². The first-order valence-corrected chi connectivity index (χ1v) is 7.42. The number of hydrogen-bond acceptors (Lipinski definition) is 7. The second kappa shape index (κ2) is 6.32. The molecule has 1 aliphatic rings. The monoisotopic (exact) mass is 300 g/mol. The molecule has 4 N–H and O–H groups in total. The molecule has 0 aliphatic carbocycles. The average molecular weight is 300 g/mol. The Bertz CT molecular complexity index is 645. The Morgan fingerprint density at radius 1 is 1.41 bits per heavy atom. The topological polar surface area (TPSA) is 103 Å². The number of oxazole rings is 1. The van der Waals surface area contributed by atoms with E-state index in [4.69, 9.17) is 15.4 Å². The maximum absolute atomic E-state index is 9.13. The molecule has 3 rings (SSSR count). The second-order valence-electron chi connectivity index (χ2n) is 5.60. The SMILES string of the molecule is CN(CCCC1NNC(N)C1C#N)c1nc2ccccc2o1. The molecule has 3 atom stereocenters. The van der Waals surface area contributed by atoms with E-state index in [1.807, 2.05) is 36.2 Å². The lowest BCUT2D eigenvalue weighted by Gasteiger charge is -2.17. The molecule has 1 fully saturated rings. The zero-order valence-electron chi connectivity index (χ0n) is 12.5. The molecule has 1 aromatic carbocycles. The number of benzene rings is 1. The number of anilines is 1. The quantitative estimate of drug-likeness (QED) is 0.755. The Balaban J connectivity index is 1.54. The smallest absolute Gasteiger partial charge is 0.298 e. The van der Waals surface area contributed by atoms with Gasteiger partial charge in [0.15, 0.2) is 5.58 Å².